The summed E-state index contributed by atoms with van der Waals surface area (Å²) in [5, 5.41) is 16.4. The number of carbonyl (C=O) groups is 2. The second-order valence-electron chi connectivity index (χ2n) is 10.2. The number of hydrogen-bond acceptors (Lipinski definition) is 9. The summed E-state index contributed by atoms with van der Waals surface area (Å²) in [4.78, 5) is 36.7. The SMILES string of the molecule is COc1ncc(-c2cc(CN3CCC3)c3c(N)ncnn23)cc1C(=O)N[C@@H]1CN(C(=O)[C@@](C)(O)C(F)(F)F)C[C@@H]1F. The second kappa shape index (κ2) is 10.4. The minimum absolute atomic E-state index is 0.0782. The molecule has 0 aliphatic carbocycles. The van der Waals surface area contributed by atoms with E-state index in [0.717, 1.165) is 25.1 Å². The van der Waals surface area contributed by atoms with Gasteiger partial charge in [0.2, 0.25) is 11.5 Å². The summed E-state index contributed by atoms with van der Waals surface area (Å²) in [6.45, 7) is 1.50. The van der Waals surface area contributed by atoms with Crippen LogP contribution in [0.15, 0.2) is 24.7 Å². The maximum absolute atomic E-state index is 14.8. The molecule has 2 fully saturated rings. The van der Waals surface area contributed by atoms with E-state index in [9.17, 15) is 32.3 Å². The highest BCUT2D eigenvalue weighted by Crippen LogP contribution is 2.34. The Hall–Kier alpha value is -4.05. The number of nitrogens with zero attached hydrogens (tertiary/aromatic N) is 6. The van der Waals surface area contributed by atoms with Gasteiger partial charge in [-0.05, 0) is 44.1 Å². The Morgan fingerprint density at radius 1 is 1.22 bits per heavy atom. The number of halogens is 4. The van der Waals surface area contributed by atoms with Crippen LogP contribution in [0.25, 0.3) is 16.8 Å². The molecule has 3 aromatic heterocycles. The number of nitrogens with one attached hydrogen (secondary N) is 1. The summed E-state index contributed by atoms with van der Waals surface area (Å²) in [5.41, 5.74) is 4.90. The fraction of sp³-hybridized carbons (Fsp3) is 0.480. The van der Waals surface area contributed by atoms with E-state index in [1.165, 1.54) is 25.7 Å². The third kappa shape index (κ3) is 5.12. The number of amides is 2. The van der Waals surface area contributed by atoms with Gasteiger partial charge < -0.3 is 25.8 Å². The van der Waals surface area contributed by atoms with E-state index in [4.69, 9.17) is 10.5 Å². The lowest BCUT2D eigenvalue weighted by atomic mass is 10.1. The van der Waals surface area contributed by atoms with Gasteiger partial charge in [0.25, 0.3) is 11.8 Å². The van der Waals surface area contributed by atoms with Crippen LogP contribution < -0.4 is 15.8 Å². The normalized spacial score (nSPS) is 21.0. The Labute approximate surface area is 231 Å². The van der Waals surface area contributed by atoms with Crippen LogP contribution in [0.2, 0.25) is 0 Å². The molecule has 0 saturated carbocycles. The molecule has 0 bridgehead atoms. The van der Waals surface area contributed by atoms with Crippen molar-refractivity contribution in [3.63, 3.8) is 0 Å². The number of aliphatic hydroxyl groups is 1. The van der Waals surface area contributed by atoms with Crippen molar-refractivity contribution in [2.24, 2.45) is 0 Å². The third-order valence-corrected chi connectivity index (χ3v) is 7.41. The number of ether oxygens (including phenoxy) is 1. The van der Waals surface area contributed by atoms with Gasteiger partial charge in [0.15, 0.2) is 5.82 Å². The molecule has 3 aromatic rings. The lowest BCUT2D eigenvalue weighted by Gasteiger charge is -2.30. The van der Waals surface area contributed by atoms with Gasteiger partial charge in [-0.1, -0.05) is 0 Å². The van der Waals surface area contributed by atoms with E-state index in [0.29, 0.717) is 35.1 Å². The average Bonchev–Trinajstić information content (AvgIpc) is 3.45. The van der Waals surface area contributed by atoms with Crippen LogP contribution in [0.3, 0.4) is 0 Å². The Bertz CT molecular complexity index is 1490. The maximum Gasteiger partial charge on any atom is 0.426 e. The number of fused-ring (bicyclic) bond motifs is 1. The molecule has 4 N–H and O–H groups in total. The summed E-state index contributed by atoms with van der Waals surface area (Å²) >= 11 is 0. The molecule has 3 atom stereocenters. The van der Waals surface area contributed by atoms with Crippen molar-refractivity contribution in [1.82, 2.24) is 34.7 Å². The Morgan fingerprint density at radius 2 is 1.95 bits per heavy atom. The van der Waals surface area contributed by atoms with Gasteiger partial charge in [-0.2, -0.15) is 18.3 Å². The maximum atomic E-state index is 14.8. The average molecular weight is 581 g/mol. The zero-order chi connectivity index (χ0) is 29.7. The number of pyridine rings is 1. The van der Waals surface area contributed by atoms with E-state index in [-0.39, 0.29) is 17.3 Å². The van der Waals surface area contributed by atoms with Crippen LogP contribution in [0.4, 0.5) is 23.4 Å². The van der Waals surface area contributed by atoms with Crippen LogP contribution in [0, 0.1) is 0 Å². The highest BCUT2D eigenvalue weighted by Gasteiger charge is 2.58. The first kappa shape index (κ1) is 28.5. The van der Waals surface area contributed by atoms with Crippen molar-refractivity contribution >= 4 is 23.1 Å². The Balaban J connectivity index is 1.41. The first-order chi connectivity index (χ1) is 19.3. The molecule has 0 aromatic carbocycles. The molecular weight excluding hydrogens is 552 g/mol. The molecule has 16 heteroatoms. The largest absolute Gasteiger partial charge is 0.480 e. The first-order valence-corrected chi connectivity index (χ1v) is 12.7. The summed E-state index contributed by atoms with van der Waals surface area (Å²) in [5.74, 6) is -2.33. The highest BCUT2D eigenvalue weighted by atomic mass is 19.4. The lowest BCUT2D eigenvalue weighted by Crippen LogP contribution is -2.56. The van der Waals surface area contributed by atoms with Crippen molar-refractivity contribution in [3.8, 4) is 17.1 Å². The third-order valence-electron chi connectivity index (χ3n) is 7.41. The number of alkyl halides is 4. The Kier molecular flexibility index (Phi) is 7.23. The zero-order valence-corrected chi connectivity index (χ0v) is 22.2. The van der Waals surface area contributed by atoms with E-state index in [1.807, 2.05) is 6.07 Å². The van der Waals surface area contributed by atoms with E-state index in [1.54, 1.807) is 4.52 Å². The Morgan fingerprint density at radius 3 is 2.59 bits per heavy atom. The lowest BCUT2D eigenvalue weighted by molar-refractivity contribution is -0.249. The van der Waals surface area contributed by atoms with Gasteiger partial charge in [0.05, 0.1) is 25.4 Å². The number of nitrogens with two attached hydrogens (primary N) is 1. The van der Waals surface area contributed by atoms with Crippen LogP contribution in [-0.2, 0) is 11.3 Å². The number of likely N-dealkylation sites (tertiary alicyclic amines) is 2. The molecule has 2 amide bonds. The van der Waals surface area contributed by atoms with E-state index in [2.05, 4.69) is 25.3 Å². The summed E-state index contributed by atoms with van der Waals surface area (Å²) in [7, 11) is 1.29. The predicted molar refractivity (Wildman–Crippen MR) is 136 cm³/mol. The monoisotopic (exact) mass is 580 g/mol. The van der Waals surface area contributed by atoms with Gasteiger partial charge in [-0.3, -0.25) is 14.5 Å². The molecule has 0 unspecified atom stereocenters. The molecular formula is C25H28F4N8O4. The smallest absolute Gasteiger partial charge is 0.426 e. The molecule has 2 aliphatic heterocycles. The molecule has 0 spiro atoms. The molecule has 220 valence electrons. The van der Waals surface area contributed by atoms with Gasteiger partial charge >= 0.3 is 6.18 Å². The standard InChI is InChI=1S/C25H28F4N8O4/c1-24(40,25(27,28)29)23(39)36-10-16(26)17(11-36)34-21(38)15-6-13(8-31-22(15)41-2)18-7-14(9-35-4-3-5-35)19-20(30)32-12-33-37(18)19/h6-8,12,16-17,40H,3-5,9-11H2,1-2H3,(H,34,38)(H2,30,32,33)/t16-,17+,24+/m0/s1. The quantitative estimate of drug-likeness (QED) is 0.350. The van der Waals surface area contributed by atoms with Crippen LogP contribution in [0.1, 0.15) is 29.3 Å². The fourth-order valence-electron chi connectivity index (χ4n) is 4.91. The first-order valence-electron chi connectivity index (χ1n) is 12.7. The number of hydrogen-bond donors (Lipinski definition) is 3. The van der Waals surface area contributed by atoms with Crippen molar-refractivity contribution in [3.05, 3.63) is 35.8 Å². The topological polar surface area (TPSA) is 151 Å². The number of nitrogen functional groups attached to an aromatic ring is 1. The molecule has 12 nitrogen and oxygen atoms in total. The van der Waals surface area contributed by atoms with Gasteiger partial charge in [0.1, 0.15) is 23.6 Å². The number of anilines is 1. The summed E-state index contributed by atoms with van der Waals surface area (Å²) in [6.07, 6.45) is -3.28. The molecule has 0 radical (unpaired) electrons. The summed E-state index contributed by atoms with van der Waals surface area (Å²) in [6, 6.07) is 2.00. The highest BCUT2D eigenvalue weighted by molar-refractivity contribution is 5.98. The van der Waals surface area contributed by atoms with Crippen LogP contribution >= 0.6 is 0 Å². The minimum atomic E-state index is -5.26. The fourth-order valence-corrected chi connectivity index (χ4v) is 4.91. The molecule has 5 rings (SSSR count). The summed E-state index contributed by atoms with van der Waals surface area (Å²) < 4.78 is 61.0. The zero-order valence-electron chi connectivity index (χ0n) is 22.2. The predicted octanol–water partition coefficient (Wildman–Crippen LogP) is 1.18. The molecule has 5 heterocycles. The number of carbonyl (C=O) groups excluding carboxylic acids is 2. The van der Waals surface area contributed by atoms with Gasteiger partial charge in [-0.25, -0.2) is 18.9 Å². The van der Waals surface area contributed by atoms with Gasteiger partial charge in [0, 0.05) is 24.8 Å². The van der Waals surface area contributed by atoms with Crippen molar-refractivity contribution in [2.75, 3.05) is 39.0 Å². The van der Waals surface area contributed by atoms with E-state index >= 15 is 0 Å². The number of methoxy groups -OCH3 is 1. The van der Waals surface area contributed by atoms with Crippen molar-refractivity contribution in [1.29, 1.82) is 0 Å². The molecule has 2 aliphatic rings. The van der Waals surface area contributed by atoms with Crippen molar-refractivity contribution in [2.45, 2.75) is 43.9 Å². The minimum Gasteiger partial charge on any atom is -0.480 e. The second-order valence-corrected chi connectivity index (χ2v) is 10.2. The van der Waals surface area contributed by atoms with Crippen molar-refractivity contribution < 1.29 is 37.0 Å². The molecule has 2 saturated heterocycles. The number of aromatic nitrogens is 4. The molecule has 41 heavy (non-hydrogen) atoms. The number of rotatable bonds is 7. The van der Waals surface area contributed by atoms with Gasteiger partial charge in [-0.15, -0.1) is 0 Å². The van der Waals surface area contributed by atoms with Crippen LogP contribution in [0.5, 0.6) is 5.88 Å². The van der Waals surface area contributed by atoms with E-state index < -0.39 is 48.9 Å². The van der Waals surface area contributed by atoms with Crippen LogP contribution in [-0.4, -0.2) is 104 Å².